The summed E-state index contributed by atoms with van der Waals surface area (Å²) in [5.41, 5.74) is 1.39. The maximum atomic E-state index is 12.3. The lowest BCUT2D eigenvalue weighted by Crippen LogP contribution is -2.28. The molecule has 2 aromatic rings. The average Bonchev–Trinajstić information content (AvgIpc) is 3.01. The Hall–Kier alpha value is -1.33. The van der Waals surface area contributed by atoms with E-state index in [0.717, 1.165) is 34.3 Å². The largest absolute Gasteiger partial charge is 0.340 e. The number of rotatable bonds is 5. The molecular weight excluding hydrogens is 294 g/mol. The van der Waals surface area contributed by atoms with Crippen molar-refractivity contribution in [1.82, 2.24) is 14.7 Å². The summed E-state index contributed by atoms with van der Waals surface area (Å²) in [5, 5.41) is 4.31. The summed E-state index contributed by atoms with van der Waals surface area (Å²) in [6.07, 6.45) is 2.07. The first-order valence-corrected chi connectivity index (χ1v) is 7.77. The summed E-state index contributed by atoms with van der Waals surface area (Å²) in [4.78, 5) is 15.0. The van der Waals surface area contributed by atoms with E-state index in [1.165, 1.54) is 11.3 Å². The van der Waals surface area contributed by atoms with E-state index >= 15 is 0 Å². The molecule has 0 saturated carbocycles. The summed E-state index contributed by atoms with van der Waals surface area (Å²) >= 11 is 7.44. The third kappa shape index (κ3) is 3.22. The van der Waals surface area contributed by atoms with Crippen LogP contribution in [0.15, 0.2) is 18.2 Å². The number of nitrogens with zero attached hydrogens (tertiary/aromatic N) is 3. The van der Waals surface area contributed by atoms with Gasteiger partial charge in [-0.3, -0.25) is 9.48 Å². The normalized spacial score (nSPS) is 10.8. The smallest absolute Gasteiger partial charge is 0.274 e. The zero-order chi connectivity index (χ0) is 14.7. The third-order valence-electron chi connectivity index (χ3n) is 3.12. The number of carbonyl (C=O) groups excluding carboxylic acids is 1. The molecule has 0 bridgehead atoms. The highest BCUT2D eigenvalue weighted by Crippen LogP contribution is 2.31. The fourth-order valence-electron chi connectivity index (χ4n) is 1.95. The van der Waals surface area contributed by atoms with Crippen LogP contribution in [0.25, 0.3) is 10.6 Å². The lowest BCUT2D eigenvalue weighted by atomic mass is 10.2. The molecule has 0 saturated heterocycles. The Bertz CT molecular complexity index is 605. The molecule has 0 aliphatic carbocycles. The highest BCUT2D eigenvalue weighted by molar-refractivity contribution is 7.19. The molecule has 0 aromatic carbocycles. The molecule has 0 aliphatic heterocycles. The Morgan fingerprint density at radius 1 is 1.50 bits per heavy atom. The van der Waals surface area contributed by atoms with E-state index in [0.29, 0.717) is 5.69 Å². The van der Waals surface area contributed by atoms with E-state index in [4.69, 9.17) is 11.6 Å². The molecular formula is C14H18ClN3OS. The predicted octanol–water partition coefficient (Wildman–Crippen LogP) is 3.67. The minimum absolute atomic E-state index is 0.0389. The van der Waals surface area contributed by atoms with Crippen LogP contribution < -0.4 is 0 Å². The van der Waals surface area contributed by atoms with Crippen molar-refractivity contribution in [2.24, 2.45) is 7.05 Å². The molecule has 0 N–H and O–H groups in total. The Balaban J connectivity index is 2.20. The van der Waals surface area contributed by atoms with Crippen molar-refractivity contribution in [3.8, 4) is 10.6 Å². The van der Waals surface area contributed by atoms with Crippen molar-refractivity contribution in [2.45, 2.75) is 19.8 Å². The first-order chi connectivity index (χ1) is 9.52. The summed E-state index contributed by atoms with van der Waals surface area (Å²) in [7, 11) is 3.65. The number of carbonyl (C=O) groups is 1. The molecule has 6 heteroatoms. The Labute approximate surface area is 128 Å². The standard InChI is InChI=1S/C14H18ClN3OS/c1-4-5-8-17(2)14(19)10-9-11(18(3)16-10)12-6-7-13(15)20-12/h6-7,9H,4-5,8H2,1-3H3. The SMILES string of the molecule is CCCCN(C)C(=O)c1cc(-c2ccc(Cl)s2)n(C)n1. The molecule has 0 spiro atoms. The summed E-state index contributed by atoms with van der Waals surface area (Å²) < 4.78 is 2.46. The van der Waals surface area contributed by atoms with Crippen molar-refractivity contribution in [1.29, 1.82) is 0 Å². The maximum Gasteiger partial charge on any atom is 0.274 e. The second kappa shape index (κ2) is 6.41. The molecule has 2 aromatic heterocycles. The van der Waals surface area contributed by atoms with Gasteiger partial charge in [0.2, 0.25) is 0 Å². The van der Waals surface area contributed by atoms with E-state index in [-0.39, 0.29) is 5.91 Å². The number of halogens is 1. The minimum atomic E-state index is -0.0389. The number of aromatic nitrogens is 2. The number of hydrogen-bond donors (Lipinski definition) is 0. The van der Waals surface area contributed by atoms with Gasteiger partial charge in [0.05, 0.1) is 14.9 Å². The van der Waals surface area contributed by atoms with Gasteiger partial charge in [-0.05, 0) is 24.6 Å². The van der Waals surface area contributed by atoms with Crippen LogP contribution in [0.1, 0.15) is 30.3 Å². The Morgan fingerprint density at radius 2 is 2.25 bits per heavy atom. The molecule has 0 unspecified atom stereocenters. The van der Waals surface area contributed by atoms with Gasteiger partial charge in [0, 0.05) is 20.6 Å². The molecule has 0 radical (unpaired) electrons. The number of aryl methyl sites for hydroxylation is 1. The molecule has 0 aliphatic rings. The quantitative estimate of drug-likeness (QED) is 0.845. The fourth-order valence-corrected chi connectivity index (χ4v) is 3.04. The second-order valence-corrected chi connectivity index (χ2v) is 6.44. The predicted molar refractivity (Wildman–Crippen MR) is 83.4 cm³/mol. The van der Waals surface area contributed by atoms with Gasteiger partial charge in [0.15, 0.2) is 5.69 Å². The monoisotopic (exact) mass is 311 g/mol. The molecule has 0 fully saturated rings. The van der Waals surface area contributed by atoms with Gasteiger partial charge in [0.1, 0.15) is 0 Å². The van der Waals surface area contributed by atoms with E-state index < -0.39 is 0 Å². The molecule has 1 amide bonds. The van der Waals surface area contributed by atoms with E-state index in [9.17, 15) is 4.79 Å². The van der Waals surface area contributed by atoms with Crippen molar-refractivity contribution in [2.75, 3.05) is 13.6 Å². The lowest BCUT2D eigenvalue weighted by Gasteiger charge is -2.14. The number of hydrogen-bond acceptors (Lipinski definition) is 3. The van der Waals surface area contributed by atoms with Gasteiger partial charge in [-0.2, -0.15) is 5.10 Å². The summed E-state index contributed by atoms with van der Waals surface area (Å²) in [5.74, 6) is -0.0389. The molecule has 108 valence electrons. The third-order valence-corrected chi connectivity index (χ3v) is 4.37. The zero-order valence-corrected chi connectivity index (χ0v) is 13.5. The van der Waals surface area contributed by atoms with Crippen LogP contribution in [0.5, 0.6) is 0 Å². The van der Waals surface area contributed by atoms with Gasteiger partial charge >= 0.3 is 0 Å². The van der Waals surface area contributed by atoms with Crippen LogP contribution in [0, 0.1) is 0 Å². The van der Waals surface area contributed by atoms with Crippen molar-refractivity contribution in [3.63, 3.8) is 0 Å². The highest BCUT2D eigenvalue weighted by atomic mass is 35.5. The summed E-state index contributed by atoms with van der Waals surface area (Å²) in [6.45, 7) is 2.86. The summed E-state index contributed by atoms with van der Waals surface area (Å²) in [6, 6.07) is 5.62. The van der Waals surface area contributed by atoms with Crippen LogP contribution in [-0.2, 0) is 7.05 Å². The Morgan fingerprint density at radius 3 is 2.85 bits per heavy atom. The number of thiophene rings is 1. The minimum Gasteiger partial charge on any atom is -0.340 e. The van der Waals surface area contributed by atoms with E-state index in [1.807, 2.05) is 32.3 Å². The molecule has 2 heterocycles. The van der Waals surface area contributed by atoms with Crippen LogP contribution in [-0.4, -0.2) is 34.2 Å². The van der Waals surface area contributed by atoms with Gasteiger partial charge in [0.25, 0.3) is 5.91 Å². The first kappa shape index (κ1) is 15.1. The van der Waals surface area contributed by atoms with Gasteiger partial charge in [-0.15, -0.1) is 11.3 Å². The Kier molecular flexibility index (Phi) is 4.83. The zero-order valence-electron chi connectivity index (χ0n) is 11.9. The van der Waals surface area contributed by atoms with E-state index in [2.05, 4.69) is 12.0 Å². The van der Waals surface area contributed by atoms with Gasteiger partial charge in [-0.1, -0.05) is 24.9 Å². The molecule has 0 atom stereocenters. The van der Waals surface area contributed by atoms with Crippen LogP contribution in [0.4, 0.5) is 0 Å². The molecule has 20 heavy (non-hydrogen) atoms. The number of unbranched alkanes of at least 4 members (excludes halogenated alkanes) is 1. The fraction of sp³-hybridized carbons (Fsp3) is 0.429. The molecule has 4 nitrogen and oxygen atoms in total. The highest BCUT2D eigenvalue weighted by Gasteiger charge is 2.18. The number of amides is 1. The van der Waals surface area contributed by atoms with Crippen LogP contribution in [0.2, 0.25) is 4.34 Å². The van der Waals surface area contributed by atoms with Crippen molar-refractivity contribution >= 4 is 28.8 Å². The topological polar surface area (TPSA) is 38.1 Å². The maximum absolute atomic E-state index is 12.3. The van der Waals surface area contributed by atoms with Crippen LogP contribution in [0.3, 0.4) is 0 Å². The van der Waals surface area contributed by atoms with Crippen LogP contribution >= 0.6 is 22.9 Å². The van der Waals surface area contributed by atoms with Crippen molar-refractivity contribution in [3.05, 3.63) is 28.2 Å². The first-order valence-electron chi connectivity index (χ1n) is 6.58. The average molecular weight is 312 g/mol. The van der Waals surface area contributed by atoms with Gasteiger partial charge < -0.3 is 4.90 Å². The van der Waals surface area contributed by atoms with Gasteiger partial charge in [-0.25, -0.2) is 0 Å². The van der Waals surface area contributed by atoms with E-state index in [1.54, 1.807) is 9.58 Å². The van der Waals surface area contributed by atoms with Crippen molar-refractivity contribution < 1.29 is 4.79 Å². The molecule has 2 rings (SSSR count). The lowest BCUT2D eigenvalue weighted by molar-refractivity contribution is 0.0786. The second-order valence-electron chi connectivity index (χ2n) is 4.72.